The Balaban J connectivity index is 1.88. The number of thiazole rings is 1. The number of carbonyl (C=O) groups is 2. The summed E-state index contributed by atoms with van der Waals surface area (Å²) in [7, 11) is 1.84. The van der Waals surface area contributed by atoms with Crippen LogP contribution in [-0.4, -0.2) is 45.7 Å². The molecule has 0 radical (unpaired) electrons. The average molecular weight is 300 g/mol. The van der Waals surface area contributed by atoms with Crippen molar-refractivity contribution in [1.82, 2.24) is 9.88 Å². The molecular weight excluding hydrogens is 284 g/mol. The molecule has 1 N–H and O–H groups in total. The maximum absolute atomic E-state index is 11.9. The number of carboxylic acids is 1. The highest BCUT2D eigenvalue weighted by Gasteiger charge is 2.29. The smallest absolute Gasteiger partial charge is 0.308 e. The Morgan fingerprint density at radius 1 is 1.53 bits per heavy atom. The molecule has 5 nitrogen and oxygen atoms in total. The summed E-state index contributed by atoms with van der Waals surface area (Å²) in [5, 5.41) is 8.77. The van der Waals surface area contributed by atoms with Crippen LogP contribution in [0.1, 0.15) is 23.4 Å². The van der Waals surface area contributed by atoms with E-state index in [1.807, 2.05) is 7.05 Å². The average Bonchev–Trinajstić information content (AvgIpc) is 3.12. The van der Waals surface area contributed by atoms with Gasteiger partial charge in [0.2, 0.25) is 5.91 Å². The first-order valence-corrected chi connectivity index (χ1v) is 7.84. The Kier molecular flexibility index (Phi) is 4.46. The summed E-state index contributed by atoms with van der Waals surface area (Å²) in [5.41, 5.74) is 0.748. The molecule has 1 heterocycles. The van der Waals surface area contributed by atoms with E-state index in [4.69, 9.17) is 5.11 Å². The van der Waals surface area contributed by atoms with Crippen LogP contribution < -0.4 is 0 Å². The molecule has 0 saturated heterocycles. The second-order valence-corrected chi connectivity index (χ2v) is 6.89. The van der Waals surface area contributed by atoms with Gasteiger partial charge in [-0.15, -0.1) is 11.3 Å². The van der Waals surface area contributed by atoms with Crippen molar-refractivity contribution in [1.29, 1.82) is 0 Å². The standard InChI is InChI=1S/C12H16N2O3S2/c1-7-9(5-11(16)17)19-12(13-7)18-6-10(15)14(2)8-3-4-8/h8H,3-6H2,1-2H3,(H,16,17). The van der Waals surface area contributed by atoms with Gasteiger partial charge in [0.15, 0.2) is 4.34 Å². The fourth-order valence-corrected chi connectivity index (χ4v) is 3.80. The van der Waals surface area contributed by atoms with E-state index < -0.39 is 5.97 Å². The fraction of sp³-hybridized carbons (Fsp3) is 0.583. The lowest BCUT2D eigenvalue weighted by Crippen LogP contribution is -2.30. The molecule has 0 aromatic carbocycles. The van der Waals surface area contributed by atoms with Crippen molar-refractivity contribution in [3.05, 3.63) is 10.6 Å². The first-order chi connectivity index (χ1) is 8.97. The number of hydrogen-bond acceptors (Lipinski definition) is 5. The maximum Gasteiger partial charge on any atom is 0.308 e. The van der Waals surface area contributed by atoms with Crippen LogP contribution in [0.2, 0.25) is 0 Å². The number of rotatable bonds is 6. The molecular formula is C12H16N2O3S2. The molecule has 1 fully saturated rings. The molecule has 1 aliphatic carbocycles. The number of thioether (sulfide) groups is 1. The third-order valence-electron chi connectivity index (χ3n) is 2.99. The van der Waals surface area contributed by atoms with E-state index in [1.54, 1.807) is 11.8 Å². The second-order valence-electron chi connectivity index (χ2n) is 4.58. The number of amides is 1. The number of aryl methyl sites for hydroxylation is 1. The third-order valence-corrected chi connectivity index (χ3v) is 5.28. The number of aliphatic carboxylic acids is 1. The Hall–Kier alpha value is -1.08. The molecule has 0 aliphatic heterocycles. The summed E-state index contributed by atoms with van der Waals surface area (Å²) in [4.78, 5) is 29.4. The zero-order valence-corrected chi connectivity index (χ0v) is 12.5. The Bertz CT molecular complexity index is 497. The van der Waals surface area contributed by atoms with Gasteiger partial charge in [0.25, 0.3) is 0 Å². The van der Waals surface area contributed by atoms with Crippen LogP contribution in [0.25, 0.3) is 0 Å². The summed E-state index contributed by atoms with van der Waals surface area (Å²) in [5.74, 6) is -0.375. The van der Waals surface area contributed by atoms with E-state index in [9.17, 15) is 9.59 Å². The molecule has 0 bridgehead atoms. The van der Waals surface area contributed by atoms with Crippen LogP contribution in [0.5, 0.6) is 0 Å². The molecule has 0 atom stereocenters. The van der Waals surface area contributed by atoms with Crippen molar-refractivity contribution >= 4 is 35.0 Å². The van der Waals surface area contributed by atoms with E-state index in [0.717, 1.165) is 27.8 Å². The van der Waals surface area contributed by atoms with Crippen LogP contribution in [0.4, 0.5) is 0 Å². The van der Waals surface area contributed by atoms with Crippen LogP contribution in [0.3, 0.4) is 0 Å². The fourth-order valence-electron chi connectivity index (χ4n) is 1.66. The Labute approximate surface area is 120 Å². The van der Waals surface area contributed by atoms with Gasteiger partial charge in [0.1, 0.15) is 0 Å². The molecule has 1 aliphatic rings. The first kappa shape index (κ1) is 14.3. The Morgan fingerprint density at radius 2 is 2.21 bits per heavy atom. The minimum Gasteiger partial charge on any atom is -0.481 e. The minimum atomic E-state index is -0.854. The van der Waals surface area contributed by atoms with Crippen LogP contribution >= 0.6 is 23.1 Å². The van der Waals surface area contributed by atoms with Crippen molar-refractivity contribution in [3.63, 3.8) is 0 Å². The van der Waals surface area contributed by atoms with Crippen molar-refractivity contribution in [2.24, 2.45) is 0 Å². The normalized spacial score (nSPS) is 14.4. The van der Waals surface area contributed by atoms with E-state index in [0.29, 0.717) is 11.8 Å². The van der Waals surface area contributed by atoms with Gasteiger partial charge in [0.05, 0.1) is 17.9 Å². The predicted octanol–water partition coefficient (Wildman–Crippen LogP) is 1.79. The zero-order chi connectivity index (χ0) is 14.0. The highest BCUT2D eigenvalue weighted by atomic mass is 32.2. The molecule has 7 heteroatoms. The number of aromatic nitrogens is 1. The van der Waals surface area contributed by atoms with E-state index in [1.165, 1.54) is 23.1 Å². The van der Waals surface area contributed by atoms with Crippen molar-refractivity contribution < 1.29 is 14.7 Å². The highest BCUT2D eigenvalue weighted by molar-refractivity contribution is 8.01. The summed E-state index contributed by atoms with van der Waals surface area (Å²) < 4.78 is 0.770. The predicted molar refractivity (Wildman–Crippen MR) is 74.7 cm³/mol. The Morgan fingerprint density at radius 3 is 2.79 bits per heavy atom. The monoisotopic (exact) mass is 300 g/mol. The van der Waals surface area contributed by atoms with Gasteiger partial charge in [0, 0.05) is 18.0 Å². The van der Waals surface area contributed by atoms with Crippen molar-refractivity contribution in [2.75, 3.05) is 12.8 Å². The summed E-state index contributed by atoms with van der Waals surface area (Å²) in [6.07, 6.45) is 2.21. The van der Waals surface area contributed by atoms with Crippen molar-refractivity contribution in [2.45, 2.75) is 36.6 Å². The largest absolute Gasteiger partial charge is 0.481 e. The number of carboxylic acid groups (broad SMARTS) is 1. The van der Waals surface area contributed by atoms with E-state index >= 15 is 0 Å². The van der Waals surface area contributed by atoms with Crippen molar-refractivity contribution in [3.8, 4) is 0 Å². The van der Waals surface area contributed by atoms with Gasteiger partial charge in [-0.05, 0) is 19.8 Å². The SMILES string of the molecule is Cc1nc(SCC(=O)N(C)C2CC2)sc1CC(=O)O. The lowest BCUT2D eigenvalue weighted by atomic mass is 10.3. The van der Waals surface area contributed by atoms with Gasteiger partial charge < -0.3 is 10.0 Å². The molecule has 1 aromatic heterocycles. The van der Waals surface area contributed by atoms with Crippen LogP contribution in [0, 0.1) is 6.92 Å². The van der Waals surface area contributed by atoms with Crippen LogP contribution in [-0.2, 0) is 16.0 Å². The van der Waals surface area contributed by atoms with Gasteiger partial charge in [-0.3, -0.25) is 9.59 Å². The van der Waals surface area contributed by atoms with Gasteiger partial charge in [-0.25, -0.2) is 4.98 Å². The second kappa shape index (κ2) is 5.92. The molecule has 0 spiro atoms. The maximum atomic E-state index is 11.9. The minimum absolute atomic E-state index is 0.0000166. The number of nitrogens with zero attached hydrogens (tertiary/aromatic N) is 2. The van der Waals surface area contributed by atoms with E-state index in [-0.39, 0.29) is 12.3 Å². The summed E-state index contributed by atoms with van der Waals surface area (Å²) >= 11 is 2.75. The molecule has 1 aromatic rings. The van der Waals surface area contributed by atoms with Crippen LogP contribution in [0.15, 0.2) is 4.34 Å². The number of hydrogen-bond donors (Lipinski definition) is 1. The highest BCUT2D eigenvalue weighted by Crippen LogP contribution is 2.29. The summed E-state index contributed by atoms with van der Waals surface area (Å²) in [6, 6.07) is 0.425. The molecule has 0 unspecified atom stereocenters. The lowest BCUT2D eigenvalue weighted by Gasteiger charge is -2.15. The van der Waals surface area contributed by atoms with E-state index in [2.05, 4.69) is 4.98 Å². The molecule has 19 heavy (non-hydrogen) atoms. The molecule has 1 amide bonds. The number of carbonyl (C=O) groups excluding carboxylic acids is 1. The zero-order valence-electron chi connectivity index (χ0n) is 10.9. The molecule has 104 valence electrons. The third kappa shape index (κ3) is 3.94. The first-order valence-electron chi connectivity index (χ1n) is 6.04. The lowest BCUT2D eigenvalue weighted by molar-refractivity contribution is -0.136. The van der Waals surface area contributed by atoms with Gasteiger partial charge in [-0.2, -0.15) is 0 Å². The summed E-state index contributed by atoms with van der Waals surface area (Å²) in [6.45, 7) is 1.80. The molecule has 2 rings (SSSR count). The van der Waals surface area contributed by atoms with Gasteiger partial charge in [-0.1, -0.05) is 11.8 Å². The topological polar surface area (TPSA) is 70.5 Å². The molecule has 1 saturated carbocycles. The van der Waals surface area contributed by atoms with Gasteiger partial charge >= 0.3 is 5.97 Å². The quantitative estimate of drug-likeness (QED) is 0.811.